The number of carbonyl (C=O) groups excluding carboxylic acids is 2. The maximum atomic E-state index is 12.1. The molecule has 0 atom stereocenters. The van der Waals surface area contributed by atoms with Crippen LogP contribution in [0.5, 0.6) is 0 Å². The third kappa shape index (κ3) is 3.95. The van der Waals surface area contributed by atoms with E-state index in [4.69, 9.17) is 14.2 Å². The van der Waals surface area contributed by atoms with E-state index in [-0.39, 0.29) is 12.7 Å². The monoisotopic (exact) mass is 426 g/mol. The fourth-order valence-corrected chi connectivity index (χ4v) is 4.04. The molecule has 0 spiro atoms. The zero-order chi connectivity index (χ0) is 22.0. The minimum absolute atomic E-state index is 0.231. The van der Waals surface area contributed by atoms with Crippen LogP contribution in [-0.2, 0) is 21.3 Å². The molecule has 2 aliphatic rings. The van der Waals surface area contributed by atoms with Crippen LogP contribution in [-0.4, -0.2) is 57.6 Å². The summed E-state index contributed by atoms with van der Waals surface area (Å²) < 4.78 is 19.5. The zero-order valence-corrected chi connectivity index (χ0v) is 18.0. The number of likely N-dealkylation sites (tertiary alicyclic amines) is 1. The van der Waals surface area contributed by atoms with Crippen LogP contribution in [0.4, 0.5) is 9.59 Å². The first-order valence-electron chi connectivity index (χ1n) is 10.4. The lowest BCUT2D eigenvalue weighted by molar-refractivity contribution is 0.0952. The van der Waals surface area contributed by atoms with Crippen molar-refractivity contribution in [2.24, 2.45) is 7.05 Å². The molecule has 164 valence electrons. The lowest BCUT2D eigenvalue weighted by Crippen LogP contribution is -2.37. The summed E-state index contributed by atoms with van der Waals surface area (Å²) in [6, 6.07) is 2.00. The number of imidazole rings is 1. The van der Waals surface area contributed by atoms with Crippen LogP contribution in [0.25, 0.3) is 17.5 Å². The third-order valence-corrected chi connectivity index (χ3v) is 5.43. The van der Waals surface area contributed by atoms with Gasteiger partial charge in [-0.05, 0) is 32.8 Å². The predicted octanol–water partition coefficient (Wildman–Crippen LogP) is 3.72. The fourth-order valence-electron chi connectivity index (χ4n) is 4.04. The number of carbonyl (C=O) groups is 2. The second-order valence-corrected chi connectivity index (χ2v) is 7.29. The second-order valence-electron chi connectivity index (χ2n) is 7.29. The van der Waals surface area contributed by atoms with E-state index in [0.717, 1.165) is 22.7 Å². The van der Waals surface area contributed by atoms with Gasteiger partial charge in [0.25, 0.3) is 0 Å². The van der Waals surface area contributed by atoms with E-state index in [1.807, 2.05) is 34.6 Å². The molecule has 0 N–H and O–H groups in total. The molecule has 2 aromatic rings. The number of aromatic nitrogens is 3. The van der Waals surface area contributed by atoms with Crippen molar-refractivity contribution in [1.29, 1.82) is 0 Å². The van der Waals surface area contributed by atoms with Crippen LogP contribution in [0, 0.1) is 0 Å². The first kappa shape index (κ1) is 20.8. The molecule has 0 aliphatic carbocycles. The summed E-state index contributed by atoms with van der Waals surface area (Å²) >= 11 is 0. The number of rotatable bonds is 3. The minimum Gasteiger partial charge on any atom is -0.450 e. The summed E-state index contributed by atoms with van der Waals surface area (Å²) in [5.74, 6) is 1.16. The van der Waals surface area contributed by atoms with Gasteiger partial charge in [0.05, 0.1) is 25.1 Å². The highest BCUT2D eigenvalue weighted by Crippen LogP contribution is 2.39. The SMILES string of the molecule is CCOC(=O)OC1=Cn2ccnc2C(=C2CCN(C(=O)OCC)CC2)c2ccn(C)c21. The van der Waals surface area contributed by atoms with E-state index in [1.165, 1.54) is 5.57 Å². The maximum absolute atomic E-state index is 12.1. The smallest absolute Gasteiger partial charge is 0.450 e. The van der Waals surface area contributed by atoms with Gasteiger partial charge < -0.3 is 28.2 Å². The Labute approximate surface area is 180 Å². The van der Waals surface area contributed by atoms with Crippen molar-refractivity contribution in [2.75, 3.05) is 26.3 Å². The van der Waals surface area contributed by atoms with E-state index < -0.39 is 6.16 Å². The summed E-state index contributed by atoms with van der Waals surface area (Å²) in [5, 5.41) is 0. The molecule has 9 heteroatoms. The van der Waals surface area contributed by atoms with Gasteiger partial charge in [-0.15, -0.1) is 0 Å². The van der Waals surface area contributed by atoms with Gasteiger partial charge in [-0.3, -0.25) is 0 Å². The molecule has 9 nitrogen and oxygen atoms in total. The topological polar surface area (TPSA) is 87.8 Å². The summed E-state index contributed by atoms with van der Waals surface area (Å²) in [5.41, 5.74) is 3.91. The molecule has 1 fully saturated rings. The molecule has 1 amide bonds. The van der Waals surface area contributed by atoms with Gasteiger partial charge in [0.15, 0.2) is 5.76 Å². The van der Waals surface area contributed by atoms with Crippen LogP contribution >= 0.6 is 0 Å². The van der Waals surface area contributed by atoms with E-state index in [1.54, 1.807) is 31.1 Å². The van der Waals surface area contributed by atoms with Crippen LogP contribution in [0.1, 0.15) is 43.8 Å². The average molecular weight is 426 g/mol. The van der Waals surface area contributed by atoms with Crippen molar-refractivity contribution in [1.82, 2.24) is 19.0 Å². The zero-order valence-electron chi connectivity index (χ0n) is 18.0. The van der Waals surface area contributed by atoms with Gasteiger partial charge in [0.1, 0.15) is 5.82 Å². The molecule has 0 unspecified atom stereocenters. The Morgan fingerprint density at radius 1 is 1.10 bits per heavy atom. The Balaban J connectivity index is 1.74. The predicted molar refractivity (Wildman–Crippen MR) is 114 cm³/mol. The van der Waals surface area contributed by atoms with E-state index in [2.05, 4.69) is 4.98 Å². The Kier molecular flexibility index (Phi) is 5.83. The number of aryl methyl sites for hydroxylation is 1. The van der Waals surface area contributed by atoms with Crippen molar-refractivity contribution in [3.63, 3.8) is 0 Å². The fraction of sp³-hybridized carbons (Fsp3) is 0.409. The lowest BCUT2D eigenvalue weighted by Gasteiger charge is -2.29. The molecule has 31 heavy (non-hydrogen) atoms. The standard InChI is InChI=1S/C22H26N4O5/c1-4-29-21(27)25-11-6-15(7-12-25)18-16-8-10-24(3)19(16)17(31-22(28)30-5-2)14-26-13-9-23-20(18)26/h8-10,13-14H,4-7,11-12H2,1-3H3. The highest BCUT2D eigenvalue weighted by molar-refractivity contribution is 5.92. The highest BCUT2D eigenvalue weighted by Gasteiger charge is 2.30. The summed E-state index contributed by atoms with van der Waals surface area (Å²) in [7, 11) is 1.90. The van der Waals surface area contributed by atoms with E-state index in [0.29, 0.717) is 38.3 Å². The molecule has 2 aliphatic heterocycles. The molecule has 4 heterocycles. The Morgan fingerprint density at radius 3 is 2.55 bits per heavy atom. The van der Waals surface area contributed by atoms with Crippen LogP contribution in [0.2, 0.25) is 0 Å². The number of piperidine rings is 1. The number of amides is 1. The average Bonchev–Trinajstić information content (AvgIpc) is 3.33. The second kappa shape index (κ2) is 8.71. The number of hydrogen-bond acceptors (Lipinski definition) is 6. The Hall–Kier alpha value is -3.49. The normalized spacial score (nSPS) is 15.6. The number of fused-ring (bicyclic) bond motifs is 2. The van der Waals surface area contributed by atoms with Crippen molar-refractivity contribution in [3.8, 4) is 0 Å². The van der Waals surface area contributed by atoms with Crippen molar-refractivity contribution >= 4 is 29.8 Å². The third-order valence-electron chi connectivity index (χ3n) is 5.43. The maximum Gasteiger partial charge on any atom is 0.513 e. The summed E-state index contributed by atoms with van der Waals surface area (Å²) in [4.78, 5) is 30.5. The Morgan fingerprint density at radius 2 is 1.84 bits per heavy atom. The van der Waals surface area contributed by atoms with Gasteiger partial charge in [-0.2, -0.15) is 0 Å². The van der Waals surface area contributed by atoms with Crippen LogP contribution < -0.4 is 0 Å². The molecule has 0 radical (unpaired) electrons. The number of nitrogens with zero attached hydrogens (tertiary/aromatic N) is 4. The van der Waals surface area contributed by atoms with Crippen molar-refractivity contribution < 1.29 is 23.8 Å². The molecule has 0 aromatic carbocycles. The minimum atomic E-state index is -0.749. The molecule has 4 rings (SSSR count). The van der Waals surface area contributed by atoms with Crippen LogP contribution in [0.3, 0.4) is 0 Å². The van der Waals surface area contributed by atoms with E-state index in [9.17, 15) is 9.59 Å². The molecule has 1 saturated heterocycles. The lowest BCUT2D eigenvalue weighted by atomic mass is 9.92. The van der Waals surface area contributed by atoms with Gasteiger partial charge in [-0.25, -0.2) is 14.6 Å². The first-order chi connectivity index (χ1) is 15.0. The van der Waals surface area contributed by atoms with Crippen molar-refractivity contribution in [2.45, 2.75) is 26.7 Å². The molecular weight excluding hydrogens is 400 g/mol. The van der Waals surface area contributed by atoms with Gasteiger partial charge in [0, 0.05) is 49.9 Å². The molecule has 0 bridgehead atoms. The summed E-state index contributed by atoms with van der Waals surface area (Å²) in [6.45, 7) is 5.30. The largest absolute Gasteiger partial charge is 0.513 e. The number of ether oxygens (including phenoxy) is 3. The molecule has 2 aromatic heterocycles. The first-order valence-corrected chi connectivity index (χ1v) is 10.4. The Bertz CT molecular complexity index is 1050. The summed E-state index contributed by atoms with van der Waals surface area (Å²) in [6.07, 6.45) is 7.62. The van der Waals surface area contributed by atoms with Crippen LogP contribution in [0.15, 0.2) is 30.2 Å². The highest BCUT2D eigenvalue weighted by atomic mass is 16.7. The van der Waals surface area contributed by atoms with Crippen molar-refractivity contribution in [3.05, 3.63) is 47.3 Å². The van der Waals surface area contributed by atoms with Gasteiger partial charge in [0.2, 0.25) is 0 Å². The van der Waals surface area contributed by atoms with E-state index >= 15 is 0 Å². The molecular formula is C22H26N4O5. The molecule has 0 saturated carbocycles. The van der Waals surface area contributed by atoms with Gasteiger partial charge >= 0.3 is 12.2 Å². The van der Waals surface area contributed by atoms with Gasteiger partial charge in [-0.1, -0.05) is 5.57 Å². The number of hydrogen-bond donors (Lipinski definition) is 0. The quantitative estimate of drug-likeness (QED) is 0.695.